The summed E-state index contributed by atoms with van der Waals surface area (Å²) in [6.07, 6.45) is 1.61. The van der Waals surface area contributed by atoms with E-state index in [4.69, 9.17) is 0 Å². The van der Waals surface area contributed by atoms with Crippen molar-refractivity contribution in [2.24, 2.45) is 7.05 Å². The molecule has 4 aromatic rings. The predicted octanol–water partition coefficient (Wildman–Crippen LogP) is 2.58. The summed E-state index contributed by atoms with van der Waals surface area (Å²) in [5.41, 5.74) is 2.02. The largest absolute Gasteiger partial charge is 0.322 e. The van der Waals surface area contributed by atoms with Gasteiger partial charge in [-0.3, -0.25) is 14.3 Å². The number of aromatic amines is 1. The Morgan fingerprint density at radius 1 is 1.12 bits per heavy atom. The van der Waals surface area contributed by atoms with E-state index in [0.29, 0.717) is 28.0 Å². The molecule has 2 aromatic heterocycles. The molecule has 2 aromatic carbocycles. The molecule has 1 amide bonds. The zero-order valence-electron chi connectivity index (χ0n) is 13.9. The summed E-state index contributed by atoms with van der Waals surface area (Å²) >= 11 is 0. The van der Waals surface area contributed by atoms with Crippen molar-refractivity contribution in [3.8, 4) is 11.4 Å². The van der Waals surface area contributed by atoms with E-state index in [2.05, 4.69) is 20.4 Å². The summed E-state index contributed by atoms with van der Waals surface area (Å²) < 4.78 is 1.61. The fourth-order valence-electron chi connectivity index (χ4n) is 2.80. The number of benzene rings is 2. The number of H-pyrrole nitrogens is 1. The quantitative estimate of drug-likeness (QED) is 0.597. The van der Waals surface area contributed by atoms with Crippen LogP contribution in [0.2, 0.25) is 0 Å². The second-order valence-electron chi connectivity index (χ2n) is 5.87. The fraction of sp³-hybridized carbons (Fsp3) is 0.0526. The number of hydrogen-bond acceptors (Lipinski definition) is 4. The Balaban J connectivity index is 1.68. The van der Waals surface area contributed by atoms with Crippen molar-refractivity contribution in [2.75, 3.05) is 5.32 Å². The number of pyridine rings is 1. The summed E-state index contributed by atoms with van der Waals surface area (Å²) in [5.74, 6) is 0.226. The number of anilines is 1. The van der Waals surface area contributed by atoms with Crippen LogP contribution in [0.25, 0.3) is 22.3 Å². The lowest BCUT2D eigenvalue weighted by molar-refractivity contribution is 0.102. The van der Waals surface area contributed by atoms with Crippen LogP contribution in [-0.2, 0) is 7.05 Å². The molecular weight excluding hydrogens is 330 g/mol. The molecular formula is C19H15N5O2. The first-order valence-electron chi connectivity index (χ1n) is 8.00. The van der Waals surface area contributed by atoms with Gasteiger partial charge in [0, 0.05) is 35.3 Å². The second kappa shape index (κ2) is 6.29. The average Bonchev–Trinajstić information content (AvgIpc) is 3.07. The first-order chi connectivity index (χ1) is 12.6. The van der Waals surface area contributed by atoms with Crippen molar-refractivity contribution >= 4 is 22.5 Å². The SMILES string of the molecule is Cn1cnc(-c2cccc(NC(=O)c3cc(=O)[nH]c4ccccc34)c2)n1. The molecule has 0 atom stereocenters. The maximum absolute atomic E-state index is 12.7. The van der Waals surface area contributed by atoms with Crippen LogP contribution in [0.15, 0.2) is 65.7 Å². The number of carbonyl (C=O) groups is 1. The van der Waals surface area contributed by atoms with Crippen LogP contribution in [0.5, 0.6) is 0 Å². The highest BCUT2D eigenvalue weighted by Crippen LogP contribution is 2.21. The topological polar surface area (TPSA) is 92.7 Å². The third kappa shape index (κ3) is 2.98. The number of aromatic nitrogens is 4. The van der Waals surface area contributed by atoms with Gasteiger partial charge >= 0.3 is 0 Å². The van der Waals surface area contributed by atoms with E-state index in [-0.39, 0.29) is 11.5 Å². The summed E-state index contributed by atoms with van der Waals surface area (Å²) in [7, 11) is 1.79. The molecule has 0 fully saturated rings. The van der Waals surface area contributed by atoms with Crippen LogP contribution >= 0.6 is 0 Å². The minimum absolute atomic E-state index is 0.319. The van der Waals surface area contributed by atoms with Crippen molar-refractivity contribution < 1.29 is 4.79 Å². The predicted molar refractivity (Wildman–Crippen MR) is 99.0 cm³/mol. The lowest BCUT2D eigenvalue weighted by Crippen LogP contribution is -2.16. The zero-order chi connectivity index (χ0) is 18.1. The zero-order valence-corrected chi connectivity index (χ0v) is 13.9. The van der Waals surface area contributed by atoms with Crippen LogP contribution in [-0.4, -0.2) is 25.7 Å². The standard InChI is InChI=1S/C19H15N5O2/c1-24-11-20-18(23-24)12-5-4-6-13(9-12)21-19(26)15-10-17(25)22-16-8-3-2-7-14(15)16/h2-11H,1H3,(H,21,26)(H,22,25). The van der Waals surface area contributed by atoms with E-state index < -0.39 is 0 Å². The average molecular weight is 345 g/mol. The van der Waals surface area contributed by atoms with Crippen molar-refractivity contribution in [2.45, 2.75) is 0 Å². The molecule has 0 saturated carbocycles. The van der Waals surface area contributed by atoms with Crippen molar-refractivity contribution in [3.63, 3.8) is 0 Å². The maximum Gasteiger partial charge on any atom is 0.256 e. The van der Waals surface area contributed by atoms with Crippen LogP contribution in [0.4, 0.5) is 5.69 Å². The highest BCUT2D eigenvalue weighted by molar-refractivity contribution is 6.12. The van der Waals surface area contributed by atoms with Gasteiger partial charge in [0.05, 0.1) is 5.56 Å². The number of fused-ring (bicyclic) bond motifs is 1. The Morgan fingerprint density at radius 2 is 1.96 bits per heavy atom. The Morgan fingerprint density at radius 3 is 2.77 bits per heavy atom. The molecule has 2 heterocycles. The molecule has 26 heavy (non-hydrogen) atoms. The van der Waals surface area contributed by atoms with Crippen molar-refractivity contribution in [3.05, 3.63) is 76.8 Å². The van der Waals surface area contributed by atoms with Crippen LogP contribution in [0, 0.1) is 0 Å². The van der Waals surface area contributed by atoms with E-state index in [1.807, 2.05) is 24.3 Å². The lowest BCUT2D eigenvalue weighted by atomic mass is 10.1. The third-order valence-corrected chi connectivity index (χ3v) is 3.97. The van der Waals surface area contributed by atoms with Crippen molar-refractivity contribution in [1.29, 1.82) is 0 Å². The Kier molecular flexibility index (Phi) is 3.81. The molecule has 0 unspecified atom stereocenters. The van der Waals surface area contributed by atoms with E-state index in [1.54, 1.807) is 42.3 Å². The van der Waals surface area contributed by atoms with Crippen LogP contribution in [0.1, 0.15) is 10.4 Å². The molecule has 4 rings (SSSR count). The van der Waals surface area contributed by atoms with E-state index in [9.17, 15) is 9.59 Å². The van der Waals surface area contributed by atoms with Gasteiger partial charge in [-0.15, -0.1) is 0 Å². The first-order valence-corrected chi connectivity index (χ1v) is 8.00. The van der Waals surface area contributed by atoms with Crippen LogP contribution < -0.4 is 10.9 Å². The molecule has 7 heteroatoms. The Bertz CT molecular complexity index is 1180. The molecule has 7 nitrogen and oxygen atoms in total. The van der Waals surface area contributed by atoms with E-state index in [0.717, 1.165) is 5.56 Å². The molecule has 0 aliphatic carbocycles. The molecule has 0 spiro atoms. The number of hydrogen-bond donors (Lipinski definition) is 2. The van der Waals surface area contributed by atoms with E-state index in [1.165, 1.54) is 6.07 Å². The van der Waals surface area contributed by atoms with Gasteiger partial charge < -0.3 is 10.3 Å². The van der Waals surface area contributed by atoms with Gasteiger partial charge in [0.2, 0.25) is 5.56 Å². The minimum Gasteiger partial charge on any atom is -0.322 e. The second-order valence-corrected chi connectivity index (χ2v) is 5.87. The van der Waals surface area contributed by atoms with Gasteiger partial charge in [-0.25, -0.2) is 4.98 Å². The highest BCUT2D eigenvalue weighted by atomic mass is 16.2. The Hall–Kier alpha value is -3.74. The normalized spacial score (nSPS) is 10.8. The minimum atomic E-state index is -0.349. The highest BCUT2D eigenvalue weighted by Gasteiger charge is 2.13. The van der Waals surface area contributed by atoms with Gasteiger partial charge in [-0.2, -0.15) is 5.10 Å². The Labute approximate surface area is 148 Å². The van der Waals surface area contributed by atoms with Gasteiger partial charge in [0.15, 0.2) is 5.82 Å². The third-order valence-electron chi connectivity index (χ3n) is 3.97. The summed E-state index contributed by atoms with van der Waals surface area (Å²) in [6, 6.07) is 15.8. The summed E-state index contributed by atoms with van der Waals surface area (Å²) in [4.78, 5) is 31.5. The molecule has 0 saturated heterocycles. The molecule has 0 bridgehead atoms. The molecule has 2 N–H and O–H groups in total. The molecule has 128 valence electrons. The van der Waals surface area contributed by atoms with Gasteiger partial charge in [-0.1, -0.05) is 30.3 Å². The van der Waals surface area contributed by atoms with Gasteiger partial charge in [-0.05, 0) is 18.2 Å². The van der Waals surface area contributed by atoms with Crippen molar-refractivity contribution in [1.82, 2.24) is 19.7 Å². The summed E-state index contributed by atoms with van der Waals surface area (Å²) in [6.45, 7) is 0. The van der Waals surface area contributed by atoms with Gasteiger partial charge in [0.25, 0.3) is 5.91 Å². The monoisotopic (exact) mass is 345 g/mol. The van der Waals surface area contributed by atoms with E-state index >= 15 is 0 Å². The fourth-order valence-corrected chi connectivity index (χ4v) is 2.80. The van der Waals surface area contributed by atoms with Gasteiger partial charge in [0.1, 0.15) is 6.33 Å². The molecule has 0 radical (unpaired) electrons. The lowest BCUT2D eigenvalue weighted by Gasteiger charge is -2.08. The number of para-hydroxylation sites is 1. The number of nitrogens with zero attached hydrogens (tertiary/aromatic N) is 3. The molecule has 0 aliphatic rings. The number of rotatable bonds is 3. The number of nitrogens with one attached hydrogen (secondary N) is 2. The number of carbonyl (C=O) groups excluding carboxylic acids is 1. The van der Waals surface area contributed by atoms with Crippen LogP contribution in [0.3, 0.4) is 0 Å². The first kappa shape index (κ1) is 15.8. The molecule has 0 aliphatic heterocycles. The number of amides is 1. The smallest absolute Gasteiger partial charge is 0.256 e. The maximum atomic E-state index is 12.7. The number of aryl methyl sites for hydroxylation is 1. The summed E-state index contributed by atoms with van der Waals surface area (Å²) in [5, 5.41) is 7.79.